The first-order valence-electron chi connectivity index (χ1n) is 5.01. The number of rotatable bonds is 7. The first-order valence-corrected chi connectivity index (χ1v) is 5.01. The van der Waals surface area contributed by atoms with Crippen molar-refractivity contribution >= 4 is 0 Å². The van der Waals surface area contributed by atoms with Crippen LogP contribution in [0, 0.1) is 5.92 Å². The van der Waals surface area contributed by atoms with Crippen LogP contribution in [-0.4, -0.2) is 25.8 Å². The highest BCUT2D eigenvalue weighted by molar-refractivity contribution is 4.61. The molecule has 0 bridgehead atoms. The van der Waals surface area contributed by atoms with Gasteiger partial charge in [0.25, 0.3) is 0 Å². The Morgan fingerprint density at radius 1 is 1.25 bits per heavy atom. The molecule has 0 rings (SSSR count). The van der Waals surface area contributed by atoms with Crippen molar-refractivity contribution < 1.29 is 4.74 Å². The Morgan fingerprint density at radius 2 is 1.92 bits per heavy atom. The highest BCUT2D eigenvalue weighted by Gasteiger charge is 2.02. The normalized spacial score (nSPS) is 16.0. The van der Waals surface area contributed by atoms with E-state index < -0.39 is 0 Å². The first-order chi connectivity index (χ1) is 5.70. The van der Waals surface area contributed by atoms with Crippen molar-refractivity contribution in [3.8, 4) is 0 Å². The summed E-state index contributed by atoms with van der Waals surface area (Å²) in [5.41, 5.74) is 0. The van der Waals surface area contributed by atoms with Crippen LogP contribution in [0.4, 0.5) is 0 Å². The van der Waals surface area contributed by atoms with E-state index in [1.54, 1.807) is 0 Å². The molecule has 0 spiro atoms. The predicted molar refractivity (Wildman–Crippen MR) is 53.4 cm³/mol. The van der Waals surface area contributed by atoms with Gasteiger partial charge in [0.1, 0.15) is 0 Å². The van der Waals surface area contributed by atoms with E-state index in [-0.39, 0.29) is 0 Å². The van der Waals surface area contributed by atoms with Gasteiger partial charge in [-0.3, -0.25) is 0 Å². The Labute approximate surface area is 76.7 Å². The van der Waals surface area contributed by atoms with Crippen LogP contribution in [0.25, 0.3) is 0 Å². The first kappa shape index (κ1) is 11.9. The Hall–Kier alpha value is -0.0800. The van der Waals surface area contributed by atoms with E-state index in [1.165, 1.54) is 6.42 Å². The van der Waals surface area contributed by atoms with Gasteiger partial charge in [-0.15, -0.1) is 0 Å². The van der Waals surface area contributed by atoms with Gasteiger partial charge >= 0.3 is 0 Å². The average Bonchev–Trinajstić information content (AvgIpc) is 2.10. The summed E-state index contributed by atoms with van der Waals surface area (Å²) in [6, 6.07) is 0.485. The number of hydrogen-bond acceptors (Lipinski definition) is 2. The van der Waals surface area contributed by atoms with Crippen molar-refractivity contribution in [3.63, 3.8) is 0 Å². The predicted octanol–water partition coefficient (Wildman–Crippen LogP) is 2.05. The van der Waals surface area contributed by atoms with Crippen molar-refractivity contribution in [2.24, 2.45) is 5.92 Å². The van der Waals surface area contributed by atoms with Gasteiger partial charge in [-0.1, -0.05) is 20.3 Å². The maximum atomic E-state index is 5.30. The van der Waals surface area contributed by atoms with Crippen LogP contribution in [-0.2, 0) is 4.74 Å². The van der Waals surface area contributed by atoms with Crippen molar-refractivity contribution in [3.05, 3.63) is 0 Å². The molecule has 0 aliphatic carbocycles. The molecule has 0 fully saturated rings. The molecule has 0 aromatic heterocycles. The molecule has 0 saturated heterocycles. The molecule has 2 nitrogen and oxygen atoms in total. The lowest BCUT2D eigenvalue weighted by molar-refractivity contribution is 0.126. The third-order valence-corrected chi connectivity index (χ3v) is 2.08. The van der Waals surface area contributed by atoms with Crippen LogP contribution in [0.1, 0.15) is 34.1 Å². The van der Waals surface area contributed by atoms with Gasteiger partial charge in [-0.25, -0.2) is 0 Å². The van der Waals surface area contributed by atoms with Crippen LogP contribution in [0.15, 0.2) is 0 Å². The van der Waals surface area contributed by atoms with E-state index in [2.05, 4.69) is 26.1 Å². The minimum atomic E-state index is 0.485. The van der Waals surface area contributed by atoms with Crippen molar-refractivity contribution in [2.45, 2.75) is 40.2 Å². The highest BCUT2D eigenvalue weighted by Crippen LogP contribution is 1.98. The summed E-state index contributed by atoms with van der Waals surface area (Å²) in [6.45, 7) is 11.4. The van der Waals surface area contributed by atoms with Crippen molar-refractivity contribution in [2.75, 3.05) is 19.8 Å². The topological polar surface area (TPSA) is 21.3 Å². The maximum Gasteiger partial charge on any atom is 0.0616 e. The van der Waals surface area contributed by atoms with Gasteiger partial charge in [0, 0.05) is 12.6 Å². The minimum Gasteiger partial charge on any atom is -0.380 e. The molecule has 1 N–H and O–H groups in total. The van der Waals surface area contributed by atoms with E-state index in [9.17, 15) is 0 Å². The third-order valence-electron chi connectivity index (χ3n) is 2.08. The molecule has 0 saturated carbocycles. The molecule has 0 aliphatic heterocycles. The van der Waals surface area contributed by atoms with Crippen molar-refractivity contribution in [1.82, 2.24) is 5.32 Å². The molecule has 0 heterocycles. The summed E-state index contributed by atoms with van der Waals surface area (Å²) < 4.78 is 5.30. The van der Waals surface area contributed by atoms with E-state index in [0.29, 0.717) is 6.04 Å². The summed E-state index contributed by atoms with van der Waals surface area (Å²) in [6.07, 6.45) is 1.24. The molecule has 12 heavy (non-hydrogen) atoms. The lowest BCUT2D eigenvalue weighted by Crippen LogP contribution is -2.33. The fourth-order valence-corrected chi connectivity index (χ4v) is 0.900. The molecule has 74 valence electrons. The van der Waals surface area contributed by atoms with Crippen LogP contribution < -0.4 is 5.32 Å². The molecule has 0 aromatic rings. The molecular formula is C10H23NO. The molecule has 0 amide bonds. The van der Waals surface area contributed by atoms with Gasteiger partial charge in [0.05, 0.1) is 6.61 Å². The van der Waals surface area contributed by atoms with Gasteiger partial charge in [0.2, 0.25) is 0 Å². The largest absolute Gasteiger partial charge is 0.380 e. The second-order valence-electron chi connectivity index (χ2n) is 3.48. The maximum absolute atomic E-state index is 5.30. The second-order valence-corrected chi connectivity index (χ2v) is 3.48. The summed E-state index contributed by atoms with van der Waals surface area (Å²) in [5, 5.41) is 3.44. The lowest BCUT2D eigenvalue weighted by Gasteiger charge is -2.16. The standard InChI is InChI=1S/C10H23NO/c1-5-9(3)7-11-10(4)8-12-6-2/h9-11H,5-8H2,1-4H3. The summed E-state index contributed by atoms with van der Waals surface area (Å²) in [5.74, 6) is 0.772. The van der Waals surface area contributed by atoms with Gasteiger partial charge in [-0.05, 0) is 26.3 Å². The summed E-state index contributed by atoms with van der Waals surface area (Å²) in [4.78, 5) is 0. The smallest absolute Gasteiger partial charge is 0.0616 e. The van der Waals surface area contributed by atoms with Gasteiger partial charge in [0.15, 0.2) is 0 Å². The SMILES string of the molecule is CCOCC(C)NCC(C)CC. The minimum absolute atomic E-state index is 0.485. The Morgan fingerprint density at radius 3 is 2.42 bits per heavy atom. The van der Waals surface area contributed by atoms with Gasteiger partial charge < -0.3 is 10.1 Å². The lowest BCUT2D eigenvalue weighted by atomic mass is 10.1. The Balaban J connectivity index is 3.24. The van der Waals surface area contributed by atoms with Crippen LogP contribution >= 0.6 is 0 Å². The van der Waals surface area contributed by atoms with Gasteiger partial charge in [-0.2, -0.15) is 0 Å². The molecule has 2 atom stereocenters. The Bertz CT molecular complexity index is 95.8. The van der Waals surface area contributed by atoms with Crippen LogP contribution in [0.5, 0.6) is 0 Å². The molecule has 0 aromatic carbocycles. The third kappa shape index (κ3) is 6.62. The van der Waals surface area contributed by atoms with Crippen LogP contribution in [0.2, 0.25) is 0 Å². The summed E-state index contributed by atoms with van der Waals surface area (Å²) >= 11 is 0. The molecule has 0 radical (unpaired) electrons. The fourth-order valence-electron chi connectivity index (χ4n) is 0.900. The average molecular weight is 173 g/mol. The monoisotopic (exact) mass is 173 g/mol. The zero-order valence-electron chi connectivity index (χ0n) is 8.89. The van der Waals surface area contributed by atoms with E-state index >= 15 is 0 Å². The van der Waals surface area contributed by atoms with E-state index in [0.717, 1.165) is 25.7 Å². The molecule has 2 heteroatoms. The zero-order valence-corrected chi connectivity index (χ0v) is 8.89. The number of nitrogens with one attached hydrogen (secondary N) is 1. The zero-order chi connectivity index (χ0) is 9.40. The quantitative estimate of drug-likeness (QED) is 0.636. The molecule has 0 aliphatic rings. The Kier molecular flexibility index (Phi) is 7.51. The van der Waals surface area contributed by atoms with E-state index in [4.69, 9.17) is 4.74 Å². The molecular weight excluding hydrogens is 150 g/mol. The summed E-state index contributed by atoms with van der Waals surface area (Å²) in [7, 11) is 0. The van der Waals surface area contributed by atoms with Crippen LogP contribution in [0.3, 0.4) is 0 Å². The molecule has 2 unspecified atom stereocenters. The fraction of sp³-hybridized carbons (Fsp3) is 1.00. The number of hydrogen-bond donors (Lipinski definition) is 1. The highest BCUT2D eigenvalue weighted by atomic mass is 16.5. The number of ether oxygens (including phenoxy) is 1. The van der Waals surface area contributed by atoms with E-state index in [1.807, 2.05) is 6.92 Å². The van der Waals surface area contributed by atoms with Crippen molar-refractivity contribution in [1.29, 1.82) is 0 Å². The second kappa shape index (κ2) is 7.56.